The molecule has 1 heterocycles. The minimum absolute atomic E-state index is 0.134. The van der Waals surface area contributed by atoms with E-state index in [0.29, 0.717) is 28.4 Å². The highest BCUT2D eigenvalue weighted by Crippen LogP contribution is 2.59. The van der Waals surface area contributed by atoms with Crippen LogP contribution in [0, 0.1) is 23.2 Å². The molecule has 0 saturated heterocycles. The van der Waals surface area contributed by atoms with Crippen LogP contribution in [0.25, 0.3) is 10.8 Å². The summed E-state index contributed by atoms with van der Waals surface area (Å²) in [7, 11) is 0. The first-order valence-corrected chi connectivity index (χ1v) is 10.3. The van der Waals surface area contributed by atoms with Crippen LogP contribution in [0.2, 0.25) is 0 Å². The zero-order valence-corrected chi connectivity index (χ0v) is 15.9. The van der Waals surface area contributed by atoms with Crippen molar-refractivity contribution in [1.29, 1.82) is 0 Å². The van der Waals surface area contributed by atoms with Gasteiger partial charge in [-0.15, -0.1) is 0 Å². The van der Waals surface area contributed by atoms with Crippen molar-refractivity contribution < 1.29 is 4.79 Å². The van der Waals surface area contributed by atoms with Gasteiger partial charge in [0.15, 0.2) is 5.69 Å². The molecular formula is C22H27N3O2. The van der Waals surface area contributed by atoms with Gasteiger partial charge in [-0.25, -0.2) is 4.68 Å². The zero-order valence-electron chi connectivity index (χ0n) is 15.9. The molecule has 1 amide bonds. The van der Waals surface area contributed by atoms with Gasteiger partial charge in [0, 0.05) is 18.5 Å². The third-order valence-corrected chi connectivity index (χ3v) is 7.17. The van der Waals surface area contributed by atoms with Crippen molar-refractivity contribution in [3.8, 4) is 0 Å². The van der Waals surface area contributed by atoms with Gasteiger partial charge in [0.05, 0.1) is 5.39 Å². The van der Waals surface area contributed by atoms with E-state index in [0.717, 1.165) is 24.3 Å². The van der Waals surface area contributed by atoms with E-state index in [1.54, 1.807) is 6.07 Å². The van der Waals surface area contributed by atoms with Crippen molar-refractivity contribution in [3.05, 3.63) is 40.3 Å². The van der Waals surface area contributed by atoms with Crippen molar-refractivity contribution in [3.63, 3.8) is 0 Å². The average Bonchev–Trinajstić information content (AvgIpc) is 2.66. The Balaban J connectivity index is 1.42. The second-order valence-corrected chi connectivity index (χ2v) is 9.12. The summed E-state index contributed by atoms with van der Waals surface area (Å²) < 4.78 is 1.39. The molecular weight excluding hydrogens is 338 g/mol. The Morgan fingerprint density at radius 1 is 1.11 bits per heavy atom. The summed E-state index contributed by atoms with van der Waals surface area (Å²) in [6.45, 7) is 3.08. The normalized spacial score (nSPS) is 31.4. The fraction of sp³-hybridized carbons (Fsp3) is 0.591. The lowest BCUT2D eigenvalue weighted by Gasteiger charge is -2.56. The second-order valence-electron chi connectivity index (χ2n) is 9.12. The molecule has 5 heteroatoms. The molecule has 0 radical (unpaired) electrons. The number of nitrogens with zero attached hydrogens (tertiary/aromatic N) is 2. The smallest absolute Gasteiger partial charge is 0.274 e. The van der Waals surface area contributed by atoms with E-state index < -0.39 is 0 Å². The molecule has 4 bridgehead atoms. The highest BCUT2D eigenvalue weighted by atomic mass is 16.2. The molecule has 0 unspecified atom stereocenters. The van der Waals surface area contributed by atoms with E-state index in [9.17, 15) is 9.59 Å². The molecule has 4 fully saturated rings. The Labute approximate surface area is 159 Å². The molecule has 2 aromatic rings. The summed E-state index contributed by atoms with van der Waals surface area (Å²) in [6, 6.07) is 7.29. The van der Waals surface area contributed by atoms with Crippen LogP contribution in [0.3, 0.4) is 0 Å². The Hall–Kier alpha value is -2.17. The van der Waals surface area contributed by atoms with Crippen molar-refractivity contribution in [2.24, 2.45) is 23.2 Å². The number of aromatic nitrogens is 2. The van der Waals surface area contributed by atoms with Crippen LogP contribution in [-0.4, -0.2) is 22.2 Å². The summed E-state index contributed by atoms with van der Waals surface area (Å²) in [5, 5.41) is 8.79. The van der Waals surface area contributed by atoms with Crippen LogP contribution < -0.4 is 10.9 Å². The van der Waals surface area contributed by atoms with Gasteiger partial charge >= 0.3 is 0 Å². The summed E-state index contributed by atoms with van der Waals surface area (Å²) in [4.78, 5) is 25.5. The maximum atomic E-state index is 13.0. The van der Waals surface area contributed by atoms with Crippen molar-refractivity contribution in [2.45, 2.75) is 52.0 Å². The number of nitrogens with one attached hydrogen (secondary N) is 1. The molecule has 4 saturated carbocycles. The lowest BCUT2D eigenvalue weighted by Crippen LogP contribution is -2.51. The molecule has 142 valence electrons. The maximum absolute atomic E-state index is 13.0. The van der Waals surface area contributed by atoms with E-state index in [2.05, 4.69) is 10.4 Å². The van der Waals surface area contributed by atoms with Gasteiger partial charge in [-0.05, 0) is 74.7 Å². The third kappa shape index (κ3) is 2.79. The Morgan fingerprint density at radius 3 is 2.30 bits per heavy atom. The van der Waals surface area contributed by atoms with E-state index in [4.69, 9.17) is 0 Å². The number of benzene rings is 1. The number of hydrogen-bond donors (Lipinski definition) is 1. The van der Waals surface area contributed by atoms with Crippen molar-refractivity contribution in [1.82, 2.24) is 15.1 Å². The molecule has 5 nitrogen and oxygen atoms in total. The summed E-state index contributed by atoms with van der Waals surface area (Å²) in [6.07, 6.45) is 8.01. The van der Waals surface area contributed by atoms with Gasteiger partial charge in [0.2, 0.25) is 0 Å². The summed E-state index contributed by atoms with van der Waals surface area (Å²) >= 11 is 0. The SMILES string of the molecule is CCn1nc(C(=O)NCC23CC4CC(CC(C4)C2)C3)c2ccccc2c1=O. The van der Waals surface area contributed by atoms with E-state index in [1.807, 2.05) is 25.1 Å². The predicted molar refractivity (Wildman–Crippen MR) is 105 cm³/mol. The van der Waals surface area contributed by atoms with Crippen LogP contribution in [0.5, 0.6) is 0 Å². The van der Waals surface area contributed by atoms with E-state index in [1.165, 1.54) is 43.2 Å². The number of carbonyl (C=O) groups is 1. The maximum Gasteiger partial charge on any atom is 0.274 e. The number of aryl methyl sites for hydroxylation is 1. The lowest BCUT2D eigenvalue weighted by atomic mass is 9.49. The molecule has 0 aliphatic heterocycles. The molecule has 1 N–H and O–H groups in total. The van der Waals surface area contributed by atoms with Gasteiger partial charge in [-0.2, -0.15) is 5.10 Å². The topological polar surface area (TPSA) is 64.0 Å². The number of amides is 1. The average molecular weight is 365 g/mol. The number of carbonyl (C=O) groups excluding carboxylic acids is 1. The third-order valence-electron chi connectivity index (χ3n) is 7.17. The fourth-order valence-corrected chi connectivity index (χ4v) is 6.48. The van der Waals surface area contributed by atoms with Gasteiger partial charge in [0.1, 0.15) is 0 Å². The molecule has 0 atom stereocenters. The van der Waals surface area contributed by atoms with Crippen molar-refractivity contribution in [2.75, 3.05) is 6.54 Å². The Bertz CT molecular complexity index is 926. The highest BCUT2D eigenvalue weighted by molar-refractivity contribution is 6.04. The predicted octanol–water partition coefficient (Wildman–Crippen LogP) is 3.36. The minimum atomic E-state index is -0.149. The number of fused-ring (bicyclic) bond motifs is 1. The van der Waals surface area contributed by atoms with Gasteiger partial charge in [-0.3, -0.25) is 9.59 Å². The van der Waals surface area contributed by atoms with Crippen LogP contribution in [-0.2, 0) is 6.54 Å². The number of rotatable bonds is 4. The van der Waals surface area contributed by atoms with Crippen LogP contribution >= 0.6 is 0 Å². The molecule has 6 rings (SSSR count). The largest absolute Gasteiger partial charge is 0.350 e. The minimum Gasteiger partial charge on any atom is -0.350 e. The van der Waals surface area contributed by atoms with Crippen molar-refractivity contribution >= 4 is 16.7 Å². The zero-order chi connectivity index (χ0) is 18.6. The van der Waals surface area contributed by atoms with Crippen LogP contribution in [0.1, 0.15) is 55.9 Å². The fourth-order valence-electron chi connectivity index (χ4n) is 6.48. The number of hydrogen-bond acceptors (Lipinski definition) is 3. The van der Waals surface area contributed by atoms with Gasteiger partial charge in [-0.1, -0.05) is 18.2 Å². The second kappa shape index (κ2) is 6.18. The molecule has 4 aliphatic carbocycles. The van der Waals surface area contributed by atoms with Gasteiger partial charge < -0.3 is 5.32 Å². The van der Waals surface area contributed by atoms with Crippen LogP contribution in [0.4, 0.5) is 0 Å². The van der Waals surface area contributed by atoms with E-state index in [-0.39, 0.29) is 11.5 Å². The lowest BCUT2D eigenvalue weighted by molar-refractivity contribution is -0.0503. The first-order chi connectivity index (χ1) is 13.1. The first-order valence-electron chi connectivity index (χ1n) is 10.3. The Kier molecular flexibility index (Phi) is 3.88. The standard InChI is InChI=1S/C22H27N3O2/c1-2-25-21(27)18-6-4-3-5-17(18)19(24-25)20(26)23-13-22-10-14-7-15(11-22)9-16(8-14)12-22/h3-6,14-16H,2,7-13H2,1H3,(H,23,26). The molecule has 4 aliphatic rings. The highest BCUT2D eigenvalue weighted by Gasteiger charge is 2.50. The quantitative estimate of drug-likeness (QED) is 0.904. The van der Waals surface area contributed by atoms with E-state index >= 15 is 0 Å². The summed E-state index contributed by atoms with van der Waals surface area (Å²) in [5.74, 6) is 2.46. The first kappa shape index (κ1) is 17.0. The molecule has 1 aromatic heterocycles. The monoisotopic (exact) mass is 365 g/mol. The molecule has 27 heavy (non-hydrogen) atoms. The molecule has 0 spiro atoms. The summed E-state index contributed by atoms with van der Waals surface area (Å²) in [5.41, 5.74) is 0.530. The van der Waals surface area contributed by atoms with Crippen LogP contribution in [0.15, 0.2) is 29.1 Å². The van der Waals surface area contributed by atoms with Gasteiger partial charge in [0.25, 0.3) is 11.5 Å². The molecule has 1 aromatic carbocycles. The Morgan fingerprint density at radius 2 is 1.70 bits per heavy atom.